The molecule has 6 nitrogen and oxygen atoms in total. The van der Waals surface area contributed by atoms with Crippen LogP contribution in [0.5, 0.6) is 0 Å². The predicted octanol–water partition coefficient (Wildman–Crippen LogP) is 2.67. The Hall–Kier alpha value is -2.63. The van der Waals surface area contributed by atoms with Crippen molar-refractivity contribution in [3.05, 3.63) is 41.1 Å². The van der Waals surface area contributed by atoms with Gasteiger partial charge in [-0.1, -0.05) is 24.3 Å². The number of carboxylic acid groups (broad SMARTS) is 1. The minimum absolute atomic E-state index is 0.0672. The van der Waals surface area contributed by atoms with Crippen LogP contribution in [0, 0.1) is 0 Å². The molecule has 0 aliphatic heterocycles. The van der Waals surface area contributed by atoms with Gasteiger partial charge in [0.05, 0.1) is 18.5 Å². The van der Waals surface area contributed by atoms with Crippen molar-refractivity contribution in [2.24, 2.45) is 0 Å². The number of aryl methyl sites for hydroxylation is 1. The number of carboxylic acids is 1. The van der Waals surface area contributed by atoms with Crippen molar-refractivity contribution in [3.63, 3.8) is 0 Å². The molecule has 0 fully saturated rings. The molecule has 0 radical (unpaired) electrons. The Morgan fingerprint density at radius 3 is 2.83 bits per heavy atom. The van der Waals surface area contributed by atoms with Crippen molar-refractivity contribution in [1.29, 1.82) is 0 Å². The lowest BCUT2D eigenvalue weighted by Gasteiger charge is -2.15. The summed E-state index contributed by atoms with van der Waals surface area (Å²) in [5.41, 5.74) is 4.85. The van der Waals surface area contributed by atoms with Crippen LogP contribution in [0.3, 0.4) is 0 Å². The summed E-state index contributed by atoms with van der Waals surface area (Å²) in [5.74, 6) is -0.839. The van der Waals surface area contributed by atoms with E-state index in [-0.39, 0.29) is 6.42 Å². The molecule has 1 aromatic heterocycles. The molecule has 0 saturated heterocycles. The summed E-state index contributed by atoms with van der Waals surface area (Å²) in [4.78, 5) is 22.8. The van der Waals surface area contributed by atoms with Crippen molar-refractivity contribution >= 4 is 12.1 Å². The average Bonchev–Trinajstić information content (AvgIpc) is 2.93. The van der Waals surface area contributed by atoms with Gasteiger partial charge in [-0.05, 0) is 31.2 Å². The Morgan fingerprint density at radius 1 is 1.30 bits per heavy atom. The SMILES string of the molecule is COC(=O)n1nc2c(c1CCCC(=O)O)CCc1ccccc1-2. The maximum atomic E-state index is 12.0. The van der Waals surface area contributed by atoms with Crippen LogP contribution >= 0.6 is 0 Å². The van der Waals surface area contributed by atoms with Gasteiger partial charge in [0.25, 0.3) is 0 Å². The molecule has 1 N–H and O–H groups in total. The molecular formula is C17H18N2O4. The third kappa shape index (κ3) is 2.84. The van der Waals surface area contributed by atoms with Gasteiger partial charge in [0.2, 0.25) is 0 Å². The summed E-state index contributed by atoms with van der Waals surface area (Å²) >= 11 is 0. The highest BCUT2D eigenvalue weighted by molar-refractivity contribution is 5.76. The Labute approximate surface area is 133 Å². The minimum atomic E-state index is -0.839. The first-order valence-electron chi connectivity index (χ1n) is 7.61. The Balaban J connectivity index is 2.03. The molecule has 0 saturated carbocycles. The van der Waals surface area contributed by atoms with Gasteiger partial charge in [0.1, 0.15) is 0 Å². The van der Waals surface area contributed by atoms with Crippen LogP contribution in [0.1, 0.15) is 29.7 Å². The zero-order valence-corrected chi connectivity index (χ0v) is 12.9. The third-order valence-corrected chi connectivity index (χ3v) is 4.16. The summed E-state index contributed by atoms with van der Waals surface area (Å²) in [6, 6.07) is 8.02. The average molecular weight is 314 g/mol. The van der Waals surface area contributed by atoms with E-state index in [0.717, 1.165) is 35.4 Å². The first kappa shape index (κ1) is 15.3. The van der Waals surface area contributed by atoms with E-state index in [4.69, 9.17) is 9.84 Å². The topological polar surface area (TPSA) is 81.4 Å². The van der Waals surface area contributed by atoms with Crippen LogP contribution in [0.2, 0.25) is 0 Å². The second-order valence-corrected chi connectivity index (χ2v) is 5.56. The van der Waals surface area contributed by atoms with E-state index < -0.39 is 12.1 Å². The minimum Gasteiger partial charge on any atom is -0.481 e. The quantitative estimate of drug-likeness (QED) is 0.938. The molecule has 120 valence electrons. The van der Waals surface area contributed by atoms with Gasteiger partial charge in [-0.25, -0.2) is 4.79 Å². The highest BCUT2D eigenvalue weighted by Crippen LogP contribution is 2.35. The number of benzene rings is 1. The number of hydrogen-bond acceptors (Lipinski definition) is 4. The molecule has 0 unspecified atom stereocenters. The fourth-order valence-corrected chi connectivity index (χ4v) is 3.09. The van der Waals surface area contributed by atoms with Crippen LogP contribution in [-0.4, -0.2) is 34.1 Å². The van der Waals surface area contributed by atoms with E-state index in [1.54, 1.807) is 0 Å². The number of fused-ring (bicyclic) bond motifs is 3. The first-order valence-corrected chi connectivity index (χ1v) is 7.61. The van der Waals surface area contributed by atoms with E-state index in [1.807, 2.05) is 18.2 Å². The molecule has 23 heavy (non-hydrogen) atoms. The standard InChI is InChI=1S/C17H18N2O4/c1-23-17(22)19-14(7-4-8-15(20)21)13-10-9-11-5-2-3-6-12(11)16(13)18-19/h2-3,5-6H,4,7-10H2,1H3,(H,20,21). The van der Waals surface area contributed by atoms with Gasteiger partial charge in [-0.2, -0.15) is 9.78 Å². The maximum absolute atomic E-state index is 12.0. The largest absolute Gasteiger partial charge is 0.481 e. The van der Waals surface area contributed by atoms with Crippen LogP contribution in [0.15, 0.2) is 24.3 Å². The van der Waals surface area contributed by atoms with Crippen LogP contribution in [0.4, 0.5) is 4.79 Å². The number of aliphatic carboxylic acids is 1. The smallest absolute Gasteiger partial charge is 0.434 e. The Morgan fingerprint density at radius 2 is 2.09 bits per heavy atom. The summed E-state index contributed by atoms with van der Waals surface area (Å²) in [5, 5.41) is 13.3. The van der Waals surface area contributed by atoms with Crippen molar-refractivity contribution < 1.29 is 19.4 Å². The molecule has 1 aliphatic carbocycles. The van der Waals surface area contributed by atoms with E-state index >= 15 is 0 Å². The second kappa shape index (κ2) is 6.24. The Bertz CT molecular complexity index is 764. The van der Waals surface area contributed by atoms with Gasteiger partial charge in [-0.3, -0.25) is 4.79 Å². The number of carbonyl (C=O) groups excluding carboxylic acids is 1. The zero-order chi connectivity index (χ0) is 16.4. The molecule has 3 rings (SSSR count). The molecule has 0 amide bonds. The van der Waals surface area contributed by atoms with Gasteiger partial charge < -0.3 is 9.84 Å². The summed E-state index contributed by atoms with van der Waals surface area (Å²) < 4.78 is 6.10. The van der Waals surface area contributed by atoms with Crippen LogP contribution < -0.4 is 0 Å². The molecule has 1 heterocycles. The summed E-state index contributed by atoms with van der Waals surface area (Å²) in [6.45, 7) is 0. The van der Waals surface area contributed by atoms with Gasteiger partial charge >= 0.3 is 12.1 Å². The molecule has 0 atom stereocenters. The predicted molar refractivity (Wildman–Crippen MR) is 83.4 cm³/mol. The molecule has 1 aromatic carbocycles. The summed E-state index contributed by atoms with van der Waals surface area (Å²) in [6.07, 6.45) is 2.17. The van der Waals surface area contributed by atoms with Crippen LogP contribution in [-0.2, 0) is 28.8 Å². The third-order valence-electron chi connectivity index (χ3n) is 4.16. The monoisotopic (exact) mass is 314 g/mol. The van der Waals surface area contributed by atoms with Crippen molar-refractivity contribution in [2.45, 2.75) is 32.1 Å². The molecule has 6 heteroatoms. The van der Waals surface area contributed by atoms with Crippen LogP contribution in [0.25, 0.3) is 11.3 Å². The molecule has 1 aliphatic rings. The lowest BCUT2D eigenvalue weighted by molar-refractivity contribution is -0.137. The van der Waals surface area contributed by atoms with Crippen molar-refractivity contribution in [2.75, 3.05) is 7.11 Å². The zero-order valence-electron chi connectivity index (χ0n) is 12.9. The van der Waals surface area contributed by atoms with E-state index in [1.165, 1.54) is 17.4 Å². The molecular weight excluding hydrogens is 296 g/mol. The van der Waals surface area contributed by atoms with E-state index in [2.05, 4.69) is 11.2 Å². The van der Waals surface area contributed by atoms with Gasteiger partial charge in [-0.15, -0.1) is 0 Å². The Kier molecular flexibility index (Phi) is 4.14. The van der Waals surface area contributed by atoms with Crippen molar-refractivity contribution in [3.8, 4) is 11.3 Å². The first-order chi connectivity index (χ1) is 11.1. The molecule has 0 spiro atoms. The molecule has 2 aromatic rings. The fourth-order valence-electron chi connectivity index (χ4n) is 3.09. The number of methoxy groups -OCH3 is 1. The number of rotatable bonds is 4. The van der Waals surface area contributed by atoms with Gasteiger partial charge in [0.15, 0.2) is 0 Å². The number of carbonyl (C=O) groups is 2. The normalized spacial score (nSPS) is 12.4. The lowest BCUT2D eigenvalue weighted by Crippen LogP contribution is -2.17. The highest BCUT2D eigenvalue weighted by atomic mass is 16.5. The lowest BCUT2D eigenvalue weighted by atomic mass is 9.88. The number of aromatic nitrogens is 2. The fraction of sp³-hybridized carbons (Fsp3) is 0.353. The van der Waals surface area contributed by atoms with Crippen molar-refractivity contribution in [1.82, 2.24) is 9.78 Å². The number of hydrogen-bond donors (Lipinski definition) is 1. The molecule has 0 bridgehead atoms. The van der Waals surface area contributed by atoms with Gasteiger partial charge in [0, 0.05) is 17.5 Å². The van der Waals surface area contributed by atoms with E-state index in [0.29, 0.717) is 12.8 Å². The highest BCUT2D eigenvalue weighted by Gasteiger charge is 2.26. The second-order valence-electron chi connectivity index (χ2n) is 5.56. The summed E-state index contributed by atoms with van der Waals surface area (Å²) in [7, 11) is 1.32. The number of ether oxygens (including phenoxy) is 1. The van der Waals surface area contributed by atoms with E-state index in [9.17, 15) is 9.59 Å². The maximum Gasteiger partial charge on any atom is 0.434 e. The number of nitrogens with zero attached hydrogens (tertiary/aromatic N) is 2.